The second-order valence-corrected chi connectivity index (χ2v) is 5.73. The van der Waals surface area contributed by atoms with E-state index in [0.29, 0.717) is 5.56 Å². The molecular formula is C18H19NO2. The first-order valence-corrected chi connectivity index (χ1v) is 7.25. The summed E-state index contributed by atoms with van der Waals surface area (Å²) < 4.78 is 0. The second kappa shape index (κ2) is 5.70. The smallest absolute Gasteiger partial charge is 0.335 e. The van der Waals surface area contributed by atoms with Crippen molar-refractivity contribution in [3.63, 3.8) is 0 Å². The Morgan fingerprint density at radius 3 is 2.52 bits per heavy atom. The molecule has 1 heterocycles. The van der Waals surface area contributed by atoms with Gasteiger partial charge in [-0.2, -0.15) is 0 Å². The normalized spacial score (nSPS) is 14.1. The fourth-order valence-corrected chi connectivity index (χ4v) is 2.80. The molecule has 3 heteroatoms. The Morgan fingerprint density at radius 1 is 1.10 bits per heavy atom. The number of fused-ring (bicyclic) bond motifs is 1. The summed E-state index contributed by atoms with van der Waals surface area (Å²) in [6.45, 7) is 4.87. The molecule has 0 aliphatic carbocycles. The highest BCUT2D eigenvalue weighted by molar-refractivity contribution is 5.87. The maximum Gasteiger partial charge on any atom is 0.335 e. The summed E-state index contributed by atoms with van der Waals surface area (Å²) in [7, 11) is 0. The molecular weight excluding hydrogens is 262 g/mol. The van der Waals surface area contributed by atoms with Crippen molar-refractivity contribution in [3.05, 3.63) is 70.3 Å². The summed E-state index contributed by atoms with van der Waals surface area (Å²) in [5.74, 6) is -0.851. The standard InChI is InChI=1S/C18H19NO2/c1-13-2-4-14(5-3-13)8-9-19-11-16-7-6-15(18(20)21)10-17(16)12-19/h2-7,10H,8-9,11-12H2,1H3,(H,20,21). The lowest BCUT2D eigenvalue weighted by molar-refractivity contribution is 0.0696. The number of hydrogen-bond donors (Lipinski definition) is 1. The van der Waals surface area contributed by atoms with Gasteiger partial charge in [0.25, 0.3) is 0 Å². The topological polar surface area (TPSA) is 40.5 Å². The highest BCUT2D eigenvalue weighted by Gasteiger charge is 2.19. The molecule has 2 aromatic rings. The number of hydrogen-bond acceptors (Lipinski definition) is 2. The predicted molar refractivity (Wildman–Crippen MR) is 82.4 cm³/mol. The van der Waals surface area contributed by atoms with Crippen molar-refractivity contribution in [2.24, 2.45) is 0 Å². The second-order valence-electron chi connectivity index (χ2n) is 5.73. The summed E-state index contributed by atoms with van der Waals surface area (Å²) in [5, 5.41) is 9.04. The van der Waals surface area contributed by atoms with E-state index in [4.69, 9.17) is 5.11 Å². The van der Waals surface area contributed by atoms with Crippen molar-refractivity contribution in [2.45, 2.75) is 26.4 Å². The van der Waals surface area contributed by atoms with Crippen LogP contribution in [-0.2, 0) is 19.5 Å². The maximum atomic E-state index is 11.0. The number of carboxylic acids is 1. The molecule has 0 aromatic heterocycles. The molecule has 108 valence electrons. The van der Waals surface area contributed by atoms with Crippen LogP contribution in [0.1, 0.15) is 32.6 Å². The molecule has 21 heavy (non-hydrogen) atoms. The molecule has 3 nitrogen and oxygen atoms in total. The molecule has 3 rings (SSSR count). The fraction of sp³-hybridized carbons (Fsp3) is 0.278. The molecule has 0 saturated heterocycles. The number of benzene rings is 2. The van der Waals surface area contributed by atoms with Gasteiger partial charge in [0.15, 0.2) is 0 Å². The van der Waals surface area contributed by atoms with Crippen LogP contribution in [0.5, 0.6) is 0 Å². The number of carboxylic acid groups (broad SMARTS) is 1. The van der Waals surface area contributed by atoms with Crippen molar-refractivity contribution in [3.8, 4) is 0 Å². The average molecular weight is 281 g/mol. The van der Waals surface area contributed by atoms with Gasteiger partial charge in [-0.05, 0) is 42.2 Å². The Labute approximate surface area is 124 Å². The Balaban J connectivity index is 1.62. The minimum Gasteiger partial charge on any atom is -0.478 e. The molecule has 2 aromatic carbocycles. The van der Waals surface area contributed by atoms with Gasteiger partial charge in [-0.25, -0.2) is 4.79 Å². The van der Waals surface area contributed by atoms with Crippen LogP contribution in [0, 0.1) is 6.92 Å². The third kappa shape index (κ3) is 3.14. The minimum atomic E-state index is -0.851. The zero-order chi connectivity index (χ0) is 14.8. The molecule has 1 aliphatic heterocycles. The molecule has 0 amide bonds. The van der Waals surface area contributed by atoms with E-state index in [1.807, 2.05) is 12.1 Å². The maximum absolute atomic E-state index is 11.0. The number of aromatic carboxylic acids is 1. The Morgan fingerprint density at radius 2 is 1.81 bits per heavy atom. The van der Waals surface area contributed by atoms with Crippen molar-refractivity contribution >= 4 is 5.97 Å². The molecule has 1 N–H and O–H groups in total. The van der Waals surface area contributed by atoms with E-state index in [1.54, 1.807) is 6.07 Å². The first-order chi connectivity index (χ1) is 10.1. The minimum absolute atomic E-state index is 0.383. The fourth-order valence-electron chi connectivity index (χ4n) is 2.80. The van der Waals surface area contributed by atoms with Crippen LogP contribution < -0.4 is 0 Å². The summed E-state index contributed by atoms with van der Waals surface area (Å²) in [6, 6.07) is 14.1. The zero-order valence-electron chi connectivity index (χ0n) is 12.2. The third-order valence-electron chi connectivity index (χ3n) is 4.08. The van der Waals surface area contributed by atoms with Crippen molar-refractivity contribution in [1.82, 2.24) is 4.90 Å². The van der Waals surface area contributed by atoms with E-state index in [9.17, 15) is 4.79 Å². The third-order valence-corrected chi connectivity index (χ3v) is 4.08. The Bertz CT molecular complexity index is 661. The first-order valence-electron chi connectivity index (χ1n) is 7.25. The quantitative estimate of drug-likeness (QED) is 0.935. The van der Waals surface area contributed by atoms with Gasteiger partial charge in [0.2, 0.25) is 0 Å². The van der Waals surface area contributed by atoms with Gasteiger partial charge in [-0.3, -0.25) is 4.90 Å². The van der Waals surface area contributed by atoms with Gasteiger partial charge in [-0.1, -0.05) is 35.9 Å². The molecule has 0 radical (unpaired) electrons. The van der Waals surface area contributed by atoms with Gasteiger partial charge < -0.3 is 5.11 Å². The number of carbonyl (C=O) groups is 1. The molecule has 0 fully saturated rings. The van der Waals surface area contributed by atoms with Crippen molar-refractivity contribution < 1.29 is 9.90 Å². The van der Waals surface area contributed by atoms with E-state index in [2.05, 4.69) is 36.1 Å². The van der Waals surface area contributed by atoms with Crippen LogP contribution in [0.2, 0.25) is 0 Å². The molecule has 0 saturated carbocycles. The van der Waals surface area contributed by atoms with Gasteiger partial charge in [0, 0.05) is 19.6 Å². The van der Waals surface area contributed by atoms with Crippen molar-refractivity contribution in [1.29, 1.82) is 0 Å². The van der Waals surface area contributed by atoms with E-state index >= 15 is 0 Å². The summed E-state index contributed by atoms with van der Waals surface area (Å²) in [5.41, 5.74) is 5.42. The number of nitrogens with zero attached hydrogens (tertiary/aromatic N) is 1. The summed E-state index contributed by atoms with van der Waals surface area (Å²) in [4.78, 5) is 13.4. The van der Waals surface area contributed by atoms with Gasteiger partial charge in [-0.15, -0.1) is 0 Å². The van der Waals surface area contributed by atoms with E-state index < -0.39 is 5.97 Å². The summed E-state index contributed by atoms with van der Waals surface area (Å²) >= 11 is 0. The van der Waals surface area contributed by atoms with Gasteiger partial charge in [0.1, 0.15) is 0 Å². The van der Waals surface area contributed by atoms with Crippen LogP contribution in [-0.4, -0.2) is 22.5 Å². The predicted octanol–water partition coefficient (Wildman–Crippen LogP) is 3.25. The Hall–Kier alpha value is -2.13. The van der Waals surface area contributed by atoms with Gasteiger partial charge >= 0.3 is 5.97 Å². The molecule has 1 aliphatic rings. The highest BCUT2D eigenvalue weighted by Crippen LogP contribution is 2.24. The van der Waals surface area contributed by atoms with E-state index in [0.717, 1.165) is 31.6 Å². The van der Waals surface area contributed by atoms with Crippen LogP contribution in [0.4, 0.5) is 0 Å². The lowest BCUT2D eigenvalue weighted by Gasteiger charge is -2.14. The molecule has 0 unspecified atom stereocenters. The highest BCUT2D eigenvalue weighted by atomic mass is 16.4. The zero-order valence-corrected chi connectivity index (χ0v) is 12.2. The van der Waals surface area contributed by atoms with E-state index in [-0.39, 0.29) is 0 Å². The molecule has 0 bridgehead atoms. The number of aryl methyl sites for hydroxylation is 1. The van der Waals surface area contributed by atoms with Crippen LogP contribution in [0.3, 0.4) is 0 Å². The van der Waals surface area contributed by atoms with Gasteiger partial charge in [0.05, 0.1) is 5.56 Å². The lowest BCUT2D eigenvalue weighted by Crippen LogP contribution is -2.19. The molecule has 0 spiro atoms. The summed E-state index contributed by atoms with van der Waals surface area (Å²) in [6.07, 6.45) is 1.03. The average Bonchev–Trinajstić information content (AvgIpc) is 2.88. The van der Waals surface area contributed by atoms with Crippen LogP contribution in [0.25, 0.3) is 0 Å². The SMILES string of the molecule is Cc1ccc(CCN2Cc3ccc(C(=O)O)cc3C2)cc1. The Kier molecular flexibility index (Phi) is 3.76. The number of rotatable bonds is 4. The van der Waals surface area contributed by atoms with Crippen LogP contribution >= 0.6 is 0 Å². The molecule has 0 atom stereocenters. The van der Waals surface area contributed by atoms with Crippen LogP contribution in [0.15, 0.2) is 42.5 Å². The monoisotopic (exact) mass is 281 g/mol. The lowest BCUT2D eigenvalue weighted by atomic mass is 10.1. The van der Waals surface area contributed by atoms with E-state index in [1.165, 1.54) is 16.7 Å². The first kappa shape index (κ1) is 13.8. The largest absolute Gasteiger partial charge is 0.478 e. The van der Waals surface area contributed by atoms with Crippen molar-refractivity contribution in [2.75, 3.05) is 6.54 Å².